The Morgan fingerprint density at radius 1 is 1.12 bits per heavy atom. The maximum Gasteiger partial charge on any atom is 0.318 e. The molecule has 0 fully saturated rings. The van der Waals surface area contributed by atoms with Gasteiger partial charge in [-0.15, -0.1) is 10.2 Å². The largest absolute Gasteiger partial charge is 0.497 e. The van der Waals surface area contributed by atoms with Crippen molar-refractivity contribution in [1.29, 1.82) is 0 Å². The number of thioether (sulfide) groups is 1. The third-order valence-corrected chi connectivity index (χ3v) is 4.42. The van der Waals surface area contributed by atoms with Crippen LogP contribution in [0.15, 0.2) is 41.4 Å². The second-order valence-corrected chi connectivity index (χ2v) is 6.34. The number of benzene rings is 1. The number of esters is 1. The molecule has 3 rings (SSSR count). The van der Waals surface area contributed by atoms with Crippen LogP contribution in [0.2, 0.25) is 0 Å². The van der Waals surface area contributed by atoms with Gasteiger partial charge < -0.3 is 9.47 Å². The van der Waals surface area contributed by atoms with Gasteiger partial charge in [0, 0.05) is 5.56 Å². The second-order valence-electron chi connectivity index (χ2n) is 4.98. The van der Waals surface area contributed by atoms with Crippen molar-refractivity contribution in [2.45, 2.75) is 17.2 Å². The summed E-state index contributed by atoms with van der Waals surface area (Å²) >= 11 is 1.32. The number of rotatable bonds is 5. The first-order valence-electron chi connectivity index (χ1n) is 7.23. The Morgan fingerprint density at radius 2 is 1.88 bits per heavy atom. The van der Waals surface area contributed by atoms with Crippen LogP contribution in [0, 0.1) is 0 Å². The number of hydrogen-bond acceptors (Lipinski definition) is 7. The highest BCUT2D eigenvalue weighted by molar-refractivity contribution is 8.00. The molecule has 0 aliphatic rings. The minimum atomic E-state index is -0.346. The third kappa shape index (κ3) is 3.18. The summed E-state index contributed by atoms with van der Waals surface area (Å²) in [5.74, 6) is 1.10. The molecule has 1 atom stereocenters. The minimum Gasteiger partial charge on any atom is -0.497 e. The van der Waals surface area contributed by atoms with Crippen LogP contribution in [0.4, 0.5) is 0 Å². The summed E-state index contributed by atoms with van der Waals surface area (Å²) in [6, 6.07) is 11.1. The van der Waals surface area contributed by atoms with E-state index in [0.717, 1.165) is 11.3 Å². The van der Waals surface area contributed by atoms with Gasteiger partial charge in [0.15, 0.2) is 11.5 Å². The molecule has 8 heteroatoms. The highest BCUT2D eigenvalue weighted by Crippen LogP contribution is 2.25. The van der Waals surface area contributed by atoms with Gasteiger partial charge in [-0.25, -0.2) is 0 Å². The van der Waals surface area contributed by atoms with Crippen LogP contribution >= 0.6 is 11.8 Å². The molecule has 0 spiro atoms. The predicted molar refractivity (Wildman–Crippen MR) is 90.1 cm³/mol. The summed E-state index contributed by atoms with van der Waals surface area (Å²) in [5.41, 5.74) is 1.51. The van der Waals surface area contributed by atoms with E-state index in [1.165, 1.54) is 18.9 Å². The molecule has 0 saturated heterocycles. The van der Waals surface area contributed by atoms with Crippen LogP contribution in [0.5, 0.6) is 5.75 Å². The van der Waals surface area contributed by atoms with Crippen LogP contribution < -0.4 is 4.74 Å². The highest BCUT2D eigenvalue weighted by Gasteiger charge is 2.17. The van der Waals surface area contributed by atoms with Crippen LogP contribution in [0.25, 0.3) is 17.0 Å². The number of carbonyl (C=O) groups excluding carboxylic acids is 1. The lowest BCUT2D eigenvalue weighted by molar-refractivity contribution is -0.139. The van der Waals surface area contributed by atoms with Gasteiger partial charge in [-0.05, 0) is 43.3 Å². The van der Waals surface area contributed by atoms with E-state index in [9.17, 15) is 4.79 Å². The molecule has 0 unspecified atom stereocenters. The Hall–Kier alpha value is -2.61. The number of methoxy groups -OCH3 is 2. The normalized spacial score (nSPS) is 12.1. The summed E-state index contributed by atoms with van der Waals surface area (Å²) in [6.07, 6.45) is 0. The first-order chi connectivity index (χ1) is 11.6. The van der Waals surface area contributed by atoms with Gasteiger partial charge in [0.25, 0.3) is 0 Å². The van der Waals surface area contributed by atoms with Crippen LogP contribution in [0.3, 0.4) is 0 Å². The molecule has 7 nitrogen and oxygen atoms in total. The average Bonchev–Trinajstić information content (AvgIpc) is 3.04. The van der Waals surface area contributed by atoms with Crippen molar-refractivity contribution >= 4 is 23.4 Å². The molecule has 0 N–H and O–H groups in total. The lowest BCUT2D eigenvalue weighted by Gasteiger charge is -2.08. The monoisotopic (exact) mass is 344 g/mol. The number of ether oxygens (including phenoxy) is 2. The van der Waals surface area contributed by atoms with E-state index in [1.807, 2.05) is 36.4 Å². The lowest BCUT2D eigenvalue weighted by atomic mass is 10.2. The Balaban J connectivity index is 1.95. The van der Waals surface area contributed by atoms with E-state index in [-0.39, 0.29) is 11.2 Å². The third-order valence-electron chi connectivity index (χ3n) is 3.42. The summed E-state index contributed by atoms with van der Waals surface area (Å²) in [6.45, 7) is 1.78. The summed E-state index contributed by atoms with van der Waals surface area (Å²) in [5, 5.41) is 13.2. The number of fused-ring (bicyclic) bond motifs is 1. The average molecular weight is 344 g/mol. The van der Waals surface area contributed by atoms with E-state index >= 15 is 0 Å². The number of hydrogen-bond donors (Lipinski definition) is 0. The molecular formula is C16H16N4O3S. The zero-order valence-corrected chi connectivity index (χ0v) is 14.3. The number of carbonyl (C=O) groups is 1. The lowest BCUT2D eigenvalue weighted by Crippen LogP contribution is -2.15. The van der Waals surface area contributed by atoms with Gasteiger partial charge >= 0.3 is 5.97 Å². The molecule has 0 saturated carbocycles. The number of aromatic nitrogens is 4. The molecule has 24 heavy (non-hydrogen) atoms. The van der Waals surface area contributed by atoms with E-state index in [4.69, 9.17) is 9.47 Å². The second kappa shape index (κ2) is 6.88. The van der Waals surface area contributed by atoms with Crippen molar-refractivity contribution in [3.05, 3.63) is 36.4 Å². The summed E-state index contributed by atoms with van der Waals surface area (Å²) in [4.78, 5) is 11.6. The quantitative estimate of drug-likeness (QED) is 0.519. The Kier molecular flexibility index (Phi) is 4.66. The maximum absolute atomic E-state index is 11.6. The fourth-order valence-corrected chi connectivity index (χ4v) is 2.98. The molecule has 3 aromatic rings. The fraction of sp³-hybridized carbons (Fsp3) is 0.250. The Bertz CT molecular complexity index is 863. The van der Waals surface area contributed by atoms with Gasteiger partial charge in [-0.1, -0.05) is 11.8 Å². The van der Waals surface area contributed by atoms with Gasteiger partial charge in [0.1, 0.15) is 16.0 Å². The first kappa shape index (κ1) is 16.3. The van der Waals surface area contributed by atoms with Crippen LogP contribution in [-0.2, 0) is 9.53 Å². The predicted octanol–water partition coefficient (Wildman–Crippen LogP) is 2.45. The van der Waals surface area contributed by atoms with Crippen molar-refractivity contribution in [3.8, 4) is 17.1 Å². The van der Waals surface area contributed by atoms with Gasteiger partial charge in [0.05, 0.1) is 14.2 Å². The molecule has 0 radical (unpaired) electrons. The molecule has 124 valence electrons. The highest BCUT2D eigenvalue weighted by atomic mass is 32.2. The molecular weight excluding hydrogens is 328 g/mol. The SMILES string of the molecule is COC(=O)[C@@H](C)Sc1ccc2nnc(-c3ccc(OC)cc3)n2n1. The maximum atomic E-state index is 11.6. The van der Waals surface area contributed by atoms with Crippen molar-refractivity contribution < 1.29 is 14.3 Å². The molecule has 0 bridgehead atoms. The zero-order chi connectivity index (χ0) is 17.1. The molecule has 0 amide bonds. The molecule has 2 heterocycles. The van der Waals surface area contributed by atoms with E-state index < -0.39 is 0 Å². The van der Waals surface area contributed by atoms with Crippen LogP contribution in [-0.4, -0.2) is 45.3 Å². The van der Waals surface area contributed by atoms with Gasteiger partial charge in [-0.3, -0.25) is 4.79 Å². The van der Waals surface area contributed by atoms with Crippen molar-refractivity contribution in [2.24, 2.45) is 0 Å². The molecule has 1 aromatic carbocycles. The minimum absolute atomic E-state index is 0.291. The topological polar surface area (TPSA) is 78.6 Å². The first-order valence-corrected chi connectivity index (χ1v) is 8.11. The van der Waals surface area contributed by atoms with Gasteiger partial charge in [0.2, 0.25) is 0 Å². The van der Waals surface area contributed by atoms with Crippen molar-refractivity contribution in [3.63, 3.8) is 0 Å². The fourth-order valence-electron chi connectivity index (χ4n) is 2.15. The number of nitrogens with zero attached hydrogens (tertiary/aromatic N) is 4. The smallest absolute Gasteiger partial charge is 0.318 e. The van der Waals surface area contributed by atoms with E-state index in [0.29, 0.717) is 16.5 Å². The zero-order valence-electron chi connectivity index (χ0n) is 13.5. The van der Waals surface area contributed by atoms with Gasteiger partial charge in [-0.2, -0.15) is 9.61 Å². The summed E-state index contributed by atoms with van der Waals surface area (Å²) in [7, 11) is 2.99. The summed E-state index contributed by atoms with van der Waals surface area (Å²) < 4.78 is 11.6. The van der Waals surface area contributed by atoms with E-state index in [2.05, 4.69) is 15.3 Å². The Morgan fingerprint density at radius 3 is 2.54 bits per heavy atom. The van der Waals surface area contributed by atoms with Crippen molar-refractivity contribution in [2.75, 3.05) is 14.2 Å². The van der Waals surface area contributed by atoms with Crippen LogP contribution in [0.1, 0.15) is 6.92 Å². The molecule has 0 aliphatic carbocycles. The van der Waals surface area contributed by atoms with E-state index in [1.54, 1.807) is 18.5 Å². The molecule has 2 aromatic heterocycles. The Labute approximate surface area is 143 Å². The molecule has 0 aliphatic heterocycles. The van der Waals surface area contributed by atoms with Crippen molar-refractivity contribution in [1.82, 2.24) is 19.8 Å². The standard InChI is InChI=1S/C16H16N4O3S/c1-10(16(21)23-3)24-14-9-8-13-17-18-15(20(13)19-14)11-4-6-12(22-2)7-5-11/h4-10H,1-3H3/t10-/m1/s1.